The molecule has 20 heavy (non-hydrogen) atoms. The normalized spacial score (nSPS) is 18.4. The van der Waals surface area contributed by atoms with Crippen LogP contribution in [0.1, 0.15) is 18.4 Å². The van der Waals surface area contributed by atoms with Crippen molar-refractivity contribution in [2.75, 3.05) is 38.7 Å². The molecule has 4 heteroatoms. The number of aliphatic hydroxyl groups is 1. The van der Waals surface area contributed by atoms with Gasteiger partial charge in [0.25, 0.3) is 0 Å². The van der Waals surface area contributed by atoms with E-state index < -0.39 is 0 Å². The van der Waals surface area contributed by atoms with Crippen LogP contribution in [0.4, 0.5) is 5.69 Å². The van der Waals surface area contributed by atoms with Gasteiger partial charge in [-0.15, -0.1) is 0 Å². The number of anilines is 1. The lowest BCUT2D eigenvalue weighted by atomic mass is 10.1. The number of carbonyl (C=O) groups is 1. The molecule has 0 radical (unpaired) electrons. The van der Waals surface area contributed by atoms with E-state index in [1.54, 1.807) is 0 Å². The number of aryl methyl sites for hydroxylation is 1. The van der Waals surface area contributed by atoms with E-state index in [9.17, 15) is 4.79 Å². The number of amides is 1. The second kappa shape index (κ2) is 6.75. The highest BCUT2D eigenvalue weighted by molar-refractivity contribution is 5.76. The molecule has 1 fully saturated rings. The minimum atomic E-state index is 0.190. The molecule has 1 unspecified atom stereocenters. The fourth-order valence-electron chi connectivity index (χ4n) is 2.58. The number of rotatable bonds is 5. The predicted octanol–water partition coefficient (Wildman–Crippen LogP) is 1.53. The SMILES string of the molecule is CN(C)c1ccc(CCC(=O)N2CCC(CO)C2)cc1. The number of hydrogen-bond acceptors (Lipinski definition) is 3. The van der Waals surface area contributed by atoms with Crippen molar-refractivity contribution in [1.29, 1.82) is 0 Å². The molecule has 2 rings (SSSR count). The lowest BCUT2D eigenvalue weighted by molar-refractivity contribution is -0.130. The number of hydrogen-bond donors (Lipinski definition) is 1. The summed E-state index contributed by atoms with van der Waals surface area (Å²) in [5.74, 6) is 0.482. The average Bonchev–Trinajstić information content (AvgIpc) is 2.94. The van der Waals surface area contributed by atoms with Crippen LogP contribution in [0.2, 0.25) is 0 Å². The Labute approximate surface area is 121 Å². The summed E-state index contributed by atoms with van der Waals surface area (Å²) in [6.45, 7) is 1.70. The standard InChI is InChI=1S/C16H24N2O2/c1-17(2)15-6-3-13(4-7-15)5-8-16(20)18-10-9-14(11-18)12-19/h3-4,6-7,14,19H,5,8-12H2,1-2H3. The summed E-state index contributed by atoms with van der Waals surface area (Å²) in [5, 5.41) is 9.10. The monoisotopic (exact) mass is 276 g/mol. The summed E-state index contributed by atoms with van der Waals surface area (Å²) in [6, 6.07) is 8.33. The lowest BCUT2D eigenvalue weighted by Gasteiger charge is -2.16. The summed E-state index contributed by atoms with van der Waals surface area (Å²) < 4.78 is 0. The van der Waals surface area contributed by atoms with Gasteiger partial charge >= 0.3 is 0 Å². The number of aliphatic hydroxyl groups excluding tert-OH is 1. The zero-order valence-corrected chi connectivity index (χ0v) is 12.4. The summed E-state index contributed by atoms with van der Waals surface area (Å²) in [4.78, 5) is 16.0. The van der Waals surface area contributed by atoms with Gasteiger partial charge in [-0.05, 0) is 30.5 Å². The first-order valence-electron chi connectivity index (χ1n) is 7.25. The fraction of sp³-hybridized carbons (Fsp3) is 0.562. The molecule has 0 spiro atoms. The maximum atomic E-state index is 12.1. The van der Waals surface area contributed by atoms with E-state index in [-0.39, 0.29) is 18.4 Å². The maximum absolute atomic E-state index is 12.1. The molecule has 0 aromatic heterocycles. The van der Waals surface area contributed by atoms with E-state index in [0.29, 0.717) is 6.42 Å². The van der Waals surface area contributed by atoms with Crippen molar-refractivity contribution in [2.45, 2.75) is 19.3 Å². The Morgan fingerprint density at radius 1 is 1.35 bits per heavy atom. The molecule has 1 aliphatic rings. The minimum Gasteiger partial charge on any atom is -0.396 e. The van der Waals surface area contributed by atoms with Crippen molar-refractivity contribution in [3.8, 4) is 0 Å². The van der Waals surface area contributed by atoms with Crippen molar-refractivity contribution in [1.82, 2.24) is 4.90 Å². The summed E-state index contributed by atoms with van der Waals surface area (Å²) >= 11 is 0. The Morgan fingerprint density at radius 3 is 2.60 bits per heavy atom. The molecule has 1 aromatic rings. The molecule has 1 atom stereocenters. The Bertz CT molecular complexity index is 442. The van der Waals surface area contributed by atoms with Gasteiger partial charge < -0.3 is 14.9 Å². The molecule has 1 saturated heterocycles. The molecule has 1 amide bonds. The zero-order chi connectivity index (χ0) is 14.5. The fourth-order valence-corrected chi connectivity index (χ4v) is 2.58. The van der Waals surface area contributed by atoms with Gasteiger partial charge in [-0.3, -0.25) is 4.79 Å². The van der Waals surface area contributed by atoms with Crippen molar-refractivity contribution in [2.24, 2.45) is 5.92 Å². The molecule has 4 nitrogen and oxygen atoms in total. The molecule has 1 aromatic carbocycles. The molecular formula is C16H24N2O2. The first kappa shape index (κ1) is 14.9. The van der Waals surface area contributed by atoms with Gasteiger partial charge in [0.2, 0.25) is 5.91 Å². The average molecular weight is 276 g/mol. The van der Waals surface area contributed by atoms with Gasteiger partial charge in [0, 0.05) is 51.8 Å². The van der Waals surface area contributed by atoms with E-state index in [1.807, 2.05) is 19.0 Å². The number of carbonyl (C=O) groups excluding carboxylic acids is 1. The van der Waals surface area contributed by atoms with Gasteiger partial charge in [0.1, 0.15) is 0 Å². The van der Waals surface area contributed by atoms with Crippen LogP contribution in [-0.4, -0.2) is 49.7 Å². The van der Waals surface area contributed by atoms with Gasteiger partial charge in [-0.2, -0.15) is 0 Å². The Kier molecular flexibility index (Phi) is 5.01. The Balaban J connectivity index is 1.81. The number of likely N-dealkylation sites (tertiary alicyclic amines) is 1. The molecular weight excluding hydrogens is 252 g/mol. The van der Waals surface area contributed by atoms with Crippen LogP contribution in [0, 0.1) is 5.92 Å². The quantitative estimate of drug-likeness (QED) is 0.887. The summed E-state index contributed by atoms with van der Waals surface area (Å²) in [5.41, 5.74) is 2.37. The predicted molar refractivity (Wildman–Crippen MR) is 80.9 cm³/mol. The van der Waals surface area contributed by atoms with Crippen LogP contribution in [0.15, 0.2) is 24.3 Å². The molecule has 0 aliphatic carbocycles. The van der Waals surface area contributed by atoms with Crippen LogP contribution in [0.3, 0.4) is 0 Å². The molecule has 110 valence electrons. The Morgan fingerprint density at radius 2 is 2.05 bits per heavy atom. The second-order valence-electron chi connectivity index (χ2n) is 5.74. The first-order valence-corrected chi connectivity index (χ1v) is 7.25. The van der Waals surface area contributed by atoms with Crippen LogP contribution in [-0.2, 0) is 11.2 Å². The van der Waals surface area contributed by atoms with Crippen LogP contribution < -0.4 is 4.90 Å². The van der Waals surface area contributed by atoms with Gasteiger partial charge in [0.15, 0.2) is 0 Å². The zero-order valence-electron chi connectivity index (χ0n) is 12.4. The van der Waals surface area contributed by atoms with Crippen LogP contribution >= 0.6 is 0 Å². The topological polar surface area (TPSA) is 43.8 Å². The molecule has 1 N–H and O–H groups in total. The lowest BCUT2D eigenvalue weighted by Crippen LogP contribution is -2.29. The van der Waals surface area contributed by atoms with Crippen molar-refractivity contribution in [3.05, 3.63) is 29.8 Å². The number of benzene rings is 1. The third-order valence-corrected chi connectivity index (χ3v) is 3.98. The van der Waals surface area contributed by atoms with Gasteiger partial charge in [0.05, 0.1) is 0 Å². The van der Waals surface area contributed by atoms with Crippen molar-refractivity contribution < 1.29 is 9.90 Å². The largest absolute Gasteiger partial charge is 0.396 e. The van der Waals surface area contributed by atoms with Crippen molar-refractivity contribution in [3.63, 3.8) is 0 Å². The maximum Gasteiger partial charge on any atom is 0.222 e. The first-order chi connectivity index (χ1) is 9.60. The molecule has 1 heterocycles. The van der Waals surface area contributed by atoms with E-state index in [0.717, 1.165) is 25.9 Å². The number of nitrogens with zero attached hydrogens (tertiary/aromatic N) is 2. The Hall–Kier alpha value is -1.55. The third-order valence-electron chi connectivity index (χ3n) is 3.98. The van der Waals surface area contributed by atoms with E-state index >= 15 is 0 Å². The highest BCUT2D eigenvalue weighted by Gasteiger charge is 2.25. The van der Waals surface area contributed by atoms with E-state index in [2.05, 4.69) is 29.2 Å². The molecule has 0 saturated carbocycles. The summed E-state index contributed by atoms with van der Waals surface area (Å²) in [7, 11) is 4.03. The smallest absolute Gasteiger partial charge is 0.222 e. The highest BCUT2D eigenvalue weighted by Crippen LogP contribution is 2.18. The van der Waals surface area contributed by atoms with Gasteiger partial charge in [-0.1, -0.05) is 12.1 Å². The molecule has 1 aliphatic heterocycles. The summed E-state index contributed by atoms with van der Waals surface area (Å²) in [6.07, 6.45) is 2.27. The minimum absolute atomic E-state index is 0.190. The van der Waals surface area contributed by atoms with E-state index in [4.69, 9.17) is 5.11 Å². The van der Waals surface area contributed by atoms with Crippen LogP contribution in [0.25, 0.3) is 0 Å². The van der Waals surface area contributed by atoms with Crippen molar-refractivity contribution >= 4 is 11.6 Å². The van der Waals surface area contributed by atoms with E-state index in [1.165, 1.54) is 11.3 Å². The third kappa shape index (κ3) is 3.73. The second-order valence-corrected chi connectivity index (χ2v) is 5.74. The molecule has 0 bridgehead atoms. The highest BCUT2D eigenvalue weighted by atomic mass is 16.3. The van der Waals surface area contributed by atoms with Gasteiger partial charge in [-0.25, -0.2) is 0 Å². The van der Waals surface area contributed by atoms with Crippen LogP contribution in [0.5, 0.6) is 0 Å².